The highest BCUT2D eigenvalue weighted by atomic mass is 19.1. The molecule has 0 aromatic carbocycles. The molecule has 1 aliphatic carbocycles. The van der Waals surface area contributed by atoms with Gasteiger partial charge in [-0.15, -0.1) is 0 Å². The minimum atomic E-state index is -0.587. The van der Waals surface area contributed by atoms with Gasteiger partial charge in [-0.1, -0.05) is 20.3 Å². The Labute approximate surface area is 163 Å². The van der Waals surface area contributed by atoms with E-state index in [1.165, 1.54) is 18.7 Å². The first-order chi connectivity index (χ1) is 13.6. The molecule has 0 amide bonds. The molecule has 0 aliphatic heterocycles. The van der Waals surface area contributed by atoms with Crippen LogP contribution in [0.25, 0.3) is 16.9 Å². The number of halogens is 1. The van der Waals surface area contributed by atoms with E-state index in [2.05, 4.69) is 34.2 Å². The lowest BCUT2D eigenvalue weighted by Crippen LogP contribution is -2.02. The molecule has 1 aliphatic rings. The van der Waals surface area contributed by atoms with Gasteiger partial charge in [0, 0.05) is 13.0 Å². The number of aromatic nitrogens is 4. The highest BCUT2D eigenvalue weighted by Gasteiger charge is 2.30. The van der Waals surface area contributed by atoms with Crippen molar-refractivity contribution in [1.29, 1.82) is 5.26 Å². The Morgan fingerprint density at radius 1 is 1.36 bits per heavy atom. The molecule has 8 heteroatoms. The standard InChI is InChI=1S/C17H15FN6O.C3H8/c1-20-16-10(6-19)5-12(18)15(22-16)11-7-21-24-8-13(25-2)14(9-3-4-9)23-17(11)24;1-3-2/h5,7-9H,3-4H2,1-2H3,(H,20,22);3H2,1-2H3. The minimum absolute atomic E-state index is 0.109. The molecule has 0 spiro atoms. The van der Waals surface area contributed by atoms with Crippen LogP contribution in [-0.4, -0.2) is 33.7 Å². The van der Waals surface area contributed by atoms with Crippen molar-refractivity contribution in [3.63, 3.8) is 0 Å². The highest BCUT2D eigenvalue weighted by Crippen LogP contribution is 2.43. The molecule has 0 bridgehead atoms. The zero-order valence-electron chi connectivity index (χ0n) is 16.5. The molecule has 1 fully saturated rings. The molecule has 0 unspecified atom stereocenters. The fourth-order valence-electron chi connectivity index (χ4n) is 2.84. The van der Waals surface area contributed by atoms with Gasteiger partial charge in [-0.25, -0.2) is 18.9 Å². The molecule has 3 heterocycles. The number of rotatable bonds is 4. The molecular weight excluding hydrogens is 359 g/mol. The van der Waals surface area contributed by atoms with Crippen LogP contribution in [0.1, 0.15) is 50.3 Å². The summed E-state index contributed by atoms with van der Waals surface area (Å²) in [6.45, 7) is 4.25. The first-order valence-electron chi connectivity index (χ1n) is 9.28. The molecule has 1 saturated carbocycles. The summed E-state index contributed by atoms with van der Waals surface area (Å²) >= 11 is 0. The van der Waals surface area contributed by atoms with E-state index in [-0.39, 0.29) is 11.3 Å². The second kappa shape index (κ2) is 8.21. The van der Waals surface area contributed by atoms with Crippen LogP contribution in [-0.2, 0) is 0 Å². The van der Waals surface area contributed by atoms with E-state index in [1.807, 2.05) is 6.07 Å². The van der Waals surface area contributed by atoms with Gasteiger partial charge in [0.2, 0.25) is 0 Å². The number of nitrogens with one attached hydrogen (secondary N) is 1. The van der Waals surface area contributed by atoms with Crippen LogP contribution in [0.2, 0.25) is 0 Å². The minimum Gasteiger partial charge on any atom is -0.493 e. The summed E-state index contributed by atoms with van der Waals surface area (Å²) in [6.07, 6.45) is 6.65. The van der Waals surface area contributed by atoms with Crippen molar-refractivity contribution < 1.29 is 9.13 Å². The van der Waals surface area contributed by atoms with Gasteiger partial charge in [-0.05, 0) is 18.9 Å². The van der Waals surface area contributed by atoms with Crippen LogP contribution in [0.15, 0.2) is 18.5 Å². The van der Waals surface area contributed by atoms with E-state index in [0.29, 0.717) is 28.7 Å². The Balaban J connectivity index is 0.000000706. The third-order valence-corrected chi connectivity index (χ3v) is 4.26. The lowest BCUT2D eigenvalue weighted by Gasteiger charge is -2.09. The third kappa shape index (κ3) is 3.60. The number of fused-ring (bicyclic) bond motifs is 1. The van der Waals surface area contributed by atoms with E-state index in [4.69, 9.17) is 10.00 Å². The van der Waals surface area contributed by atoms with E-state index in [0.717, 1.165) is 18.5 Å². The Morgan fingerprint density at radius 3 is 2.64 bits per heavy atom. The number of ether oxygens (including phenoxy) is 1. The van der Waals surface area contributed by atoms with Crippen LogP contribution in [0.4, 0.5) is 10.2 Å². The zero-order valence-corrected chi connectivity index (χ0v) is 16.5. The number of anilines is 1. The summed E-state index contributed by atoms with van der Waals surface area (Å²) < 4.78 is 21.5. The van der Waals surface area contributed by atoms with Gasteiger partial charge in [0.05, 0.1) is 36.3 Å². The van der Waals surface area contributed by atoms with Crippen molar-refractivity contribution >= 4 is 11.5 Å². The molecular formula is C20H23FN6O. The fourth-order valence-corrected chi connectivity index (χ4v) is 2.84. The second-order valence-electron chi connectivity index (χ2n) is 6.58. The molecule has 3 aromatic rings. The number of methoxy groups -OCH3 is 1. The molecule has 7 nitrogen and oxygen atoms in total. The molecule has 28 heavy (non-hydrogen) atoms. The number of nitriles is 1. The van der Waals surface area contributed by atoms with Crippen molar-refractivity contribution in [2.24, 2.45) is 0 Å². The first-order valence-corrected chi connectivity index (χ1v) is 9.28. The molecule has 0 atom stereocenters. The van der Waals surface area contributed by atoms with E-state index < -0.39 is 5.82 Å². The summed E-state index contributed by atoms with van der Waals surface area (Å²) in [7, 11) is 3.23. The van der Waals surface area contributed by atoms with Crippen LogP contribution in [0.3, 0.4) is 0 Å². The molecule has 0 radical (unpaired) electrons. The average Bonchev–Trinajstić information content (AvgIpc) is 3.47. The number of pyridine rings is 1. The normalized spacial score (nSPS) is 12.9. The summed E-state index contributed by atoms with van der Waals surface area (Å²) in [6, 6.07) is 3.10. The summed E-state index contributed by atoms with van der Waals surface area (Å²) in [5.74, 6) is 0.772. The topological polar surface area (TPSA) is 88.1 Å². The SMILES string of the molecule is CCC.CNc1nc(-c2cnn3cc(OC)c(C4CC4)nc23)c(F)cc1C#N. The molecule has 146 valence electrons. The second-order valence-corrected chi connectivity index (χ2v) is 6.58. The summed E-state index contributed by atoms with van der Waals surface area (Å²) in [5.41, 5.74) is 2.11. The highest BCUT2D eigenvalue weighted by molar-refractivity contribution is 5.77. The fraction of sp³-hybridized carbons (Fsp3) is 0.400. The predicted molar refractivity (Wildman–Crippen MR) is 105 cm³/mol. The molecule has 3 aromatic heterocycles. The Morgan fingerprint density at radius 2 is 2.07 bits per heavy atom. The molecule has 0 saturated heterocycles. The lowest BCUT2D eigenvalue weighted by atomic mass is 10.1. The van der Waals surface area contributed by atoms with Gasteiger partial charge in [-0.2, -0.15) is 10.4 Å². The van der Waals surface area contributed by atoms with Gasteiger partial charge < -0.3 is 10.1 Å². The van der Waals surface area contributed by atoms with Crippen LogP contribution in [0, 0.1) is 17.1 Å². The lowest BCUT2D eigenvalue weighted by molar-refractivity contribution is 0.403. The predicted octanol–water partition coefficient (Wildman–Crippen LogP) is 4.15. The van der Waals surface area contributed by atoms with Gasteiger partial charge in [0.1, 0.15) is 17.6 Å². The Kier molecular flexibility index (Phi) is 5.73. The van der Waals surface area contributed by atoms with E-state index >= 15 is 0 Å². The quantitative estimate of drug-likeness (QED) is 0.729. The first kappa shape index (κ1) is 19.5. The zero-order chi connectivity index (χ0) is 20.3. The molecule has 1 N–H and O–H groups in total. The van der Waals surface area contributed by atoms with Gasteiger partial charge in [-0.3, -0.25) is 0 Å². The van der Waals surface area contributed by atoms with Crippen LogP contribution in [0.5, 0.6) is 5.75 Å². The van der Waals surface area contributed by atoms with E-state index in [9.17, 15) is 4.39 Å². The summed E-state index contributed by atoms with van der Waals surface area (Å²) in [5, 5.41) is 16.1. The maximum absolute atomic E-state index is 14.5. The van der Waals surface area contributed by atoms with Crippen molar-refractivity contribution in [2.75, 3.05) is 19.5 Å². The maximum Gasteiger partial charge on any atom is 0.165 e. The maximum atomic E-state index is 14.5. The van der Waals surface area contributed by atoms with Crippen molar-refractivity contribution in [3.8, 4) is 23.1 Å². The third-order valence-electron chi connectivity index (χ3n) is 4.26. The average molecular weight is 382 g/mol. The van der Waals surface area contributed by atoms with Crippen LogP contribution < -0.4 is 10.1 Å². The number of nitrogens with zero attached hydrogens (tertiary/aromatic N) is 5. The Hall–Kier alpha value is -3.21. The number of hydrogen-bond acceptors (Lipinski definition) is 6. The van der Waals surface area contributed by atoms with E-state index in [1.54, 1.807) is 24.9 Å². The van der Waals surface area contributed by atoms with Crippen molar-refractivity contribution in [2.45, 2.75) is 39.0 Å². The summed E-state index contributed by atoms with van der Waals surface area (Å²) in [4.78, 5) is 8.92. The monoisotopic (exact) mass is 382 g/mol. The van der Waals surface area contributed by atoms with Crippen molar-refractivity contribution in [3.05, 3.63) is 35.5 Å². The van der Waals surface area contributed by atoms with Crippen LogP contribution >= 0.6 is 0 Å². The smallest absolute Gasteiger partial charge is 0.165 e. The number of hydrogen-bond donors (Lipinski definition) is 1. The molecule has 4 rings (SSSR count). The van der Waals surface area contributed by atoms with Gasteiger partial charge in [0.25, 0.3) is 0 Å². The Bertz CT molecular complexity index is 1040. The largest absolute Gasteiger partial charge is 0.493 e. The van der Waals surface area contributed by atoms with Gasteiger partial charge >= 0.3 is 0 Å². The van der Waals surface area contributed by atoms with Crippen molar-refractivity contribution in [1.82, 2.24) is 19.6 Å². The van der Waals surface area contributed by atoms with Gasteiger partial charge in [0.15, 0.2) is 17.2 Å².